The van der Waals surface area contributed by atoms with Gasteiger partial charge in [0.15, 0.2) is 0 Å². The summed E-state index contributed by atoms with van der Waals surface area (Å²) in [5.41, 5.74) is 12.2. The predicted molar refractivity (Wildman–Crippen MR) is 57.3 cm³/mol. The van der Waals surface area contributed by atoms with Crippen molar-refractivity contribution in [2.75, 3.05) is 6.54 Å². The fourth-order valence-electron chi connectivity index (χ4n) is 2.72. The van der Waals surface area contributed by atoms with Crippen molar-refractivity contribution in [2.24, 2.45) is 29.2 Å². The van der Waals surface area contributed by atoms with Gasteiger partial charge in [0.2, 0.25) is 0 Å². The summed E-state index contributed by atoms with van der Waals surface area (Å²) >= 11 is 0. The molecule has 0 heterocycles. The lowest BCUT2D eigenvalue weighted by molar-refractivity contribution is 0.0950. The van der Waals surface area contributed by atoms with Gasteiger partial charge in [0.1, 0.15) is 0 Å². The first-order valence-corrected chi connectivity index (χ1v) is 5.51. The maximum absolute atomic E-state index is 6.46. The van der Waals surface area contributed by atoms with E-state index in [1.165, 1.54) is 19.3 Å². The quantitative estimate of drug-likeness (QED) is 0.687. The lowest BCUT2D eigenvalue weighted by Crippen LogP contribution is -2.56. The summed E-state index contributed by atoms with van der Waals surface area (Å²) in [4.78, 5) is 0. The normalized spacial score (nSPS) is 41.1. The molecule has 2 heteroatoms. The van der Waals surface area contributed by atoms with E-state index in [4.69, 9.17) is 11.5 Å². The molecule has 1 fully saturated rings. The van der Waals surface area contributed by atoms with Gasteiger partial charge in [-0.3, -0.25) is 0 Å². The van der Waals surface area contributed by atoms with Gasteiger partial charge >= 0.3 is 0 Å². The molecule has 3 unspecified atom stereocenters. The summed E-state index contributed by atoms with van der Waals surface area (Å²) in [6, 6.07) is 0. The molecule has 0 spiro atoms. The summed E-state index contributed by atoms with van der Waals surface area (Å²) in [7, 11) is 0. The van der Waals surface area contributed by atoms with Gasteiger partial charge in [-0.25, -0.2) is 0 Å². The average molecular weight is 184 g/mol. The van der Waals surface area contributed by atoms with Gasteiger partial charge in [0.25, 0.3) is 0 Å². The Kier molecular flexibility index (Phi) is 3.36. The first kappa shape index (κ1) is 11.0. The SMILES string of the molecule is CC(C)C1(N)CCCC(CN)C1C. The summed E-state index contributed by atoms with van der Waals surface area (Å²) in [6.45, 7) is 7.54. The highest BCUT2D eigenvalue weighted by Gasteiger charge is 2.41. The van der Waals surface area contributed by atoms with Crippen LogP contribution >= 0.6 is 0 Å². The highest BCUT2D eigenvalue weighted by Crippen LogP contribution is 2.39. The molecule has 0 amide bonds. The molecular formula is C11H24N2. The molecule has 0 aliphatic heterocycles. The Labute approximate surface area is 82.1 Å². The summed E-state index contributed by atoms with van der Waals surface area (Å²) < 4.78 is 0. The second-order valence-corrected chi connectivity index (χ2v) is 4.94. The van der Waals surface area contributed by atoms with Crippen molar-refractivity contribution in [1.82, 2.24) is 0 Å². The number of nitrogens with two attached hydrogens (primary N) is 2. The van der Waals surface area contributed by atoms with Gasteiger partial charge in [0, 0.05) is 5.54 Å². The van der Waals surface area contributed by atoms with E-state index in [1.54, 1.807) is 0 Å². The molecule has 1 aliphatic carbocycles. The van der Waals surface area contributed by atoms with Crippen LogP contribution in [0.25, 0.3) is 0 Å². The van der Waals surface area contributed by atoms with Crippen LogP contribution in [0.5, 0.6) is 0 Å². The molecule has 0 aromatic carbocycles. The zero-order valence-corrected chi connectivity index (χ0v) is 9.22. The molecule has 1 rings (SSSR count). The minimum absolute atomic E-state index is 0.0300. The van der Waals surface area contributed by atoms with E-state index in [0.717, 1.165) is 6.54 Å². The van der Waals surface area contributed by atoms with Crippen LogP contribution in [0.4, 0.5) is 0 Å². The molecule has 0 bridgehead atoms. The lowest BCUT2D eigenvalue weighted by Gasteiger charge is -2.47. The number of hydrogen-bond acceptors (Lipinski definition) is 2. The van der Waals surface area contributed by atoms with Gasteiger partial charge in [-0.1, -0.05) is 27.2 Å². The Balaban J connectivity index is 2.74. The second kappa shape index (κ2) is 3.97. The monoisotopic (exact) mass is 184 g/mol. The van der Waals surface area contributed by atoms with Crippen molar-refractivity contribution in [1.29, 1.82) is 0 Å². The van der Waals surface area contributed by atoms with Crippen LogP contribution in [-0.4, -0.2) is 12.1 Å². The molecule has 0 radical (unpaired) electrons. The molecule has 13 heavy (non-hydrogen) atoms. The molecule has 0 aromatic rings. The van der Waals surface area contributed by atoms with Crippen molar-refractivity contribution >= 4 is 0 Å². The van der Waals surface area contributed by atoms with Gasteiger partial charge in [-0.2, -0.15) is 0 Å². The smallest absolute Gasteiger partial charge is 0.0206 e. The fraction of sp³-hybridized carbons (Fsp3) is 1.00. The van der Waals surface area contributed by atoms with E-state index in [-0.39, 0.29) is 5.54 Å². The highest BCUT2D eigenvalue weighted by atomic mass is 14.8. The maximum Gasteiger partial charge on any atom is 0.0206 e. The number of rotatable bonds is 2. The molecule has 0 saturated heterocycles. The first-order valence-electron chi connectivity index (χ1n) is 5.51. The van der Waals surface area contributed by atoms with E-state index in [0.29, 0.717) is 17.8 Å². The standard InChI is InChI=1S/C11H24N2/c1-8(2)11(13)6-4-5-10(7-12)9(11)3/h8-10H,4-7,12-13H2,1-3H3. The molecular weight excluding hydrogens is 160 g/mol. The van der Waals surface area contributed by atoms with E-state index >= 15 is 0 Å². The van der Waals surface area contributed by atoms with Crippen molar-refractivity contribution in [3.05, 3.63) is 0 Å². The van der Waals surface area contributed by atoms with Crippen LogP contribution in [0.15, 0.2) is 0 Å². The molecule has 2 nitrogen and oxygen atoms in total. The van der Waals surface area contributed by atoms with Gasteiger partial charge in [-0.05, 0) is 37.1 Å². The van der Waals surface area contributed by atoms with Gasteiger partial charge < -0.3 is 11.5 Å². The summed E-state index contributed by atoms with van der Waals surface area (Å²) in [5, 5.41) is 0. The zero-order valence-electron chi connectivity index (χ0n) is 9.22. The third-order valence-electron chi connectivity index (χ3n) is 4.12. The topological polar surface area (TPSA) is 52.0 Å². The summed E-state index contributed by atoms with van der Waals surface area (Å²) in [5.74, 6) is 1.78. The van der Waals surface area contributed by atoms with Crippen LogP contribution in [0, 0.1) is 17.8 Å². The van der Waals surface area contributed by atoms with Crippen LogP contribution in [0.1, 0.15) is 40.0 Å². The fourth-order valence-corrected chi connectivity index (χ4v) is 2.72. The third kappa shape index (κ3) is 1.89. The lowest BCUT2D eigenvalue weighted by atomic mass is 9.63. The largest absolute Gasteiger partial charge is 0.330 e. The Bertz CT molecular complexity index is 167. The predicted octanol–water partition coefficient (Wildman–Crippen LogP) is 1.73. The highest BCUT2D eigenvalue weighted by molar-refractivity contribution is 4.98. The first-order chi connectivity index (χ1) is 6.02. The minimum atomic E-state index is 0.0300. The van der Waals surface area contributed by atoms with Gasteiger partial charge in [-0.15, -0.1) is 0 Å². The van der Waals surface area contributed by atoms with Crippen LogP contribution < -0.4 is 11.5 Å². The molecule has 4 N–H and O–H groups in total. The van der Waals surface area contributed by atoms with Crippen molar-refractivity contribution < 1.29 is 0 Å². The van der Waals surface area contributed by atoms with Crippen LogP contribution in [-0.2, 0) is 0 Å². The van der Waals surface area contributed by atoms with E-state index < -0.39 is 0 Å². The van der Waals surface area contributed by atoms with Crippen LogP contribution in [0.3, 0.4) is 0 Å². The van der Waals surface area contributed by atoms with Crippen LogP contribution in [0.2, 0.25) is 0 Å². The van der Waals surface area contributed by atoms with E-state index in [9.17, 15) is 0 Å². The maximum atomic E-state index is 6.46. The Morgan fingerprint density at radius 3 is 2.54 bits per heavy atom. The third-order valence-corrected chi connectivity index (χ3v) is 4.12. The van der Waals surface area contributed by atoms with Crippen molar-refractivity contribution in [3.8, 4) is 0 Å². The molecule has 3 atom stereocenters. The van der Waals surface area contributed by atoms with Gasteiger partial charge in [0.05, 0.1) is 0 Å². The Hall–Kier alpha value is -0.0800. The van der Waals surface area contributed by atoms with Crippen molar-refractivity contribution in [2.45, 2.75) is 45.6 Å². The van der Waals surface area contributed by atoms with E-state index in [1.807, 2.05) is 0 Å². The molecule has 78 valence electrons. The molecule has 1 saturated carbocycles. The zero-order chi connectivity index (χ0) is 10.1. The summed E-state index contributed by atoms with van der Waals surface area (Å²) in [6.07, 6.45) is 3.69. The minimum Gasteiger partial charge on any atom is -0.330 e. The molecule has 0 aromatic heterocycles. The second-order valence-electron chi connectivity index (χ2n) is 4.94. The Morgan fingerprint density at radius 1 is 1.46 bits per heavy atom. The van der Waals surface area contributed by atoms with E-state index in [2.05, 4.69) is 20.8 Å². The number of hydrogen-bond donors (Lipinski definition) is 2. The Morgan fingerprint density at radius 2 is 2.08 bits per heavy atom. The molecule has 1 aliphatic rings. The average Bonchev–Trinajstić information content (AvgIpc) is 2.09. The van der Waals surface area contributed by atoms with Crippen molar-refractivity contribution in [3.63, 3.8) is 0 Å².